The van der Waals surface area contributed by atoms with Gasteiger partial charge in [-0.05, 0) is 35.7 Å². The summed E-state index contributed by atoms with van der Waals surface area (Å²) in [5.41, 5.74) is 0.601. The summed E-state index contributed by atoms with van der Waals surface area (Å²) in [4.78, 5) is 15.6. The molecular formula is C11H8ClN3OS. The first kappa shape index (κ1) is 11.9. The van der Waals surface area contributed by atoms with E-state index < -0.39 is 0 Å². The van der Waals surface area contributed by atoms with Gasteiger partial charge in [-0.25, -0.2) is 4.98 Å². The maximum atomic E-state index is 11.7. The number of halogens is 1. The largest absolute Gasteiger partial charge is 0.289 e. The van der Waals surface area contributed by atoms with Gasteiger partial charge in [-0.3, -0.25) is 9.89 Å². The molecule has 1 aromatic heterocycles. The molecule has 0 spiro atoms. The van der Waals surface area contributed by atoms with Crippen molar-refractivity contribution in [1.29, 1.82) is 0 Å². The van der Waals surface area contributed by atoms with Gasteiger partial charge in [0.25, 0.3) is 0 Å². The van der Waals surface area contributed by atoms with Gasteiger partial charge in [0.05, 0.1) is 0 Å². The van der Waals surface area contributed by atoms with E-state index in [0.29, 0.717) is 15.7 Å². The third-order valence-corrected chi connectivity index (χ3v) is 2.86. The van der Waals surface area contributed by atoms with E-state index >= 15 is 0 Å². The molecule has 2 aromatic rings. The van der Waals surface area contributed by atoms with Crippen molar-refractivity contribution >= 4 is 29.1 Å². The van der Waals surface area contributed by atoms with Gasteiger partial charge in [0.15, 0.2) is 10.9 Å². The molecular weight excluding hydrogens is 258 g/mol. The van der Waals surface area contributed by atoms with E-state index in [9.17, 15) is 4.79 Å². The van der Waals surface area contributed by atoms with E-state index in [0.717, 1.165) is 0 Å². The minimum atomic E-state index is -0.0753. The van der Waals surface area contributed by atoms with E-state index in [1.165, 1.54) is 24.2 Å². The third kappa shape index (κ3) is 3.44. The Labute approximate surface area is 107 Å². The molecule has 0 radical (unpaired) electrons. The van der Waals surface area contributed by atoms with Gasteiger partial charge >= 0.3 is 0 Å². The van der Waals surface area contributed by atoms with Crippen molar-refractivity contribution < 1.29 is 4.79 Å². The molecule has 86 valence electrons. The predicted molar refractivity (Wildman–Crippen MR) is 67.2 cm³/mol. The van der Waals surface area contributed by atoms with Crippen molar-refractivity contribution in [2.45, 2.75) is 5.16 Å². The second-order valence-corrected chi connectivity index (χ2v) is 4.41. The quantitative estimate of drug-likeness (QED) is 0.525. The number of hydrogen-bond donors (Lipinski definition) is 1. The molecule has 0 saturated heterocycles. The number of hydrogen-bond acceptors (Lipinski definition) is 4. The summed E-state index contributed by atoms with van der Waals surface area (Å²) >= 11 is 7.03. The number of H-pyrrole nitrogens is 1. The van der Waals surface area contributed by atoms with Crippen LogP contribution in [0.1, 0.15) is 10.4 Å². The maximum absolute atomic E-state index is 11.7. The standard InChI is InChI=1S/C11H8ClN3OS/c12-9-3-1-8(2-4-9)10(16)5-6-17-11-13-7-14-15-11/h1-7H,(H,13,14,15)/b6-5+. The number of carbonyl (C=O) groups is 1. The van der Waals surface area contributed by atoms with Gasteiger partial charge in [-0.1, -0.05) is 23.4 Å². The highest BCUT2D eigenvalue weighted by atomic mass is 35.5. The minimum absolute atomic E-state index is 0.0753. The average Bonchev–Trinajstić information content (AvgIpc) is 2.83. The lowest BCUT2D eigenvalue weighted by molar-refractivity contribution is 0.104. The first-order valence-corrected chi connectivity index (χ1v) is 6.00. The number of allylic oxidation sites excluding steroid dienone is 1. The van der Waals surface area contributed by atoms with Crippen molar-refractivity contribution in [2.75, 3.05) is 0 Å². The van der Waals surface area contributed by atoms with E-state index in [-0.39, 0.29) is 5.78 Å². The Morgan fingerprint density at radius 1 is 1.35 bits per heavy atom. The van der Waals surface area contributed by atoms with Crippen LogP contribution in [0.4, 0.5) is 0 Å². The van der Waals surface area contributed by atoms with Crippen molar-refractivity contribution in [3.8, 4) is 0 Å². The number of benzene rings is 1. The molecule has 1 aromatic carbocycles. The zero-order valence-corrected chi connectivity index (χ0v) is 10.2. The number of aromatic nitrogens is 3. The molecule has 0 aliphatic rings. The number of nitrogens with zero attached hydrogens (tertiary/aromatic N) is 2. The highest BCUT2D eigenvalue weighted by Gasteiger charge is 2.01. The van der Waals surface area contributed by atoms with Crippen LogP contribution < -0.4 is 0 Å². The number of nitrogens with one attached hydrogen (secondary N) is 1. The van der Waals surface area contributed by atoms with E-state index in [4.69, 9.17) is 11.6 Å². The van der Waals surface area contributed by atoms with E-state index in [1.54, 1.807) is 29.7 Å². The zero-order chi connectivity index (χ0) is 12.1. The molecule has 0 fully saturated rings. The Hall–Kier alpha value is -1.59. The Balaban J connectivity index is 1.97. The topological polar surface area (TPSA) is 58.6 Å². The van der Waals surface area contributed by atoms with Crippen molar-refractivity contribution in [3.05, 3.63) is 52.7 Å². The third-order valence-electron chi connectivity index (χ3n) is 1.92. The molecule has 6 heteroatoms. The summed E-state index contributed by atoms with van der Waals surface area (Å²) in [6, 6.07) is 6.75. The molecule has 0 aliphatic heterocycles. The first-order chi connectivity index (χ1) is 8.25. The molecule has 0 atom stereocenters. The van der Waals surface area contributed by atoms with Crippen LogP contribution in [0.15, 0.2) is 47.2 Å². The summed E-state index contributed by atoms with van der Waals surface area (Å²) < 4.78 is 0. The SMILES string of the molecule is O=C(/C=C/Sc1ncn[nH]1)c1ccc(Cl)cc1. The highest BCUT2D eigenvalue weighted by Crippen LogP contribution is 2.14. The number of carbonyl (C=O) groups excluding carboxylic acids is 1. The van der Waals surface area contributed by atoms with Crippen molar-refractivity contribution in [1.82, 2.24) is 15.2 Å². The highest BCUT2D eigenvalue weighted by molar-refractivity contribution is 8.02. The number of thioether (sulfide) groups is 1. The fraction of sp³-hybridized carbons (Fsp3) is 0. The van der Waals surface area contributed by atoms with Crippen LogP contribution in [0, 0.1) is 0 Å². The molecule has 4 nitrogen and oxygen atoms in total. The summed E-state index contributed by atoms with van der Waals surface area (Å²) in [5.74, 6) is -0.0753. The smallest absolute Gasteiger partial charge is 0.187 e. The van der Waals surface area contributed by atoms with Crippen LogP contribution in [0.2, 0.25) is 5.02 Å². The molecule has 1 N–H and O–H groups in total. The maximum Gasteiger partial charge on any atom is 0.187 e. The molecule has 2 rings (SSSR count). The van der Waals surface area contributed by atoms with E-state index in [1.807, 2.05) is 0 Å². The fourth-order valence-corrected chi connectivity index (χ4v) is 1.78. The van der Waals surface area contributed by atoms with E-state index in [2.05, 4.69) is 15.2 Å². The minimum Gasteiger partial charge on any atom is -0.289 e. The van der Waals surface area contributed by atoms with Gasteiger partial charge in [-0.15, -0.1) is 0 Å². The van der Waals surface area contributed by atoms with Crippen LogP contribution in [-0.2, 0) is 0 Å². The molecule has 0 bridgehead atoms. The Kier molecular flexibility index (Phi) is 3.95. The Bertz CT molecular complexity index is 522. The van der Waals surface area contributed by atoms with Crippen LogP contribution in [0.25, 0.3) is 0 Å². The van der Waals surface area contributed by atoms with Gasteiger partial charge < -0.3 is 0 Å². The Morgan fingerprint density at radius 2 is 2.12 bits per heavy atom. The normalized spacial score (nSPS) is 10.9. The molecule has 0 aliphatic carbocycles. The van der Waals surface area contributed by atoms with Gasteiger partial charge in [-0.2, -0.15) is 5.10 Å². The van der Waals surface area contributed by atoms with Gasteiger partial charge in [0.2, 0.25) is 0 Å². The first-order valence-electron chi connectivity index (χ1n) is 4.74. The second kappa shape index (κ2) is 5.65. The van der Waals surface area contributed by atoms with Crippen LogP contribution in [-0.4, -0.2) is 21.0 Å². The number of ketones is 1. The molecule has 0 amide bonds. The van der Waals surface area contributed by atoms with Crippen molar-refractivity contribution in [2.24, 2.45) is 0 Å². The lowest BCUT2D eigenvalue weighted by atomic mass is 10.1. The second-order valence-electron chi connectivity index (χ2n) is 3.08. The molecule has 17 heavy (non-hydrogen) atoms. The van der Waals surface area contributed by atoms with Gasteiger partial charge in [0, 0.05) is 10.6 Å². The Morgan fingerprint density at radius 3 is 2.76 bits per heavy atom. The monoisotopic (exact) mass is 265 g/mol. The molecule has 0 saturated carbocycles. The van der Waals surface area contributed by atoms with Crippen molar-refractivity contribution in [3.63, 3.8) is 0 Å². The zero-order valence-electron chi connectivity index (χ0n) is 8.63. The summed E-state index contributed by atoms with van der Waals surface area (Å²) in [7, 11) is 0. The fourth-order valence-electron chi connectivity index (χ4n) is 1.12. The van der Waals surface area contributed by atoms with Gasteiger partial charge in [0.1, 0.15) is 6.33 Å². The van der Waals surface area contributed by atoms with Crippen LogP contribution in [0.5, 0.6) is 0 Å². The predicted octanol–water partition coefficient (Wildman–Crippen LogP) is 2.95. The number of rotatable bonds is 4. The lowest BCUT2D eigenvalue weighted by Crippen LogP contribution is -1.92. The average molecular weight is 266 g/mol. The molecule has 1 heterocycles. The van der Waals surface area contributed by atoms with Crippen LogP contribution in [0.3, 0.4) is 0 Å². The summed E-state index contributed by atoms with van der Waals surface area (Å²) in [5, 5.41) is 9.30. The number of aromatic amines is 1. The summed E-state index contributed by atoms with van der Waals surface area (Å²) in [6.45, 7) is 0. The van der Waals surface area contributed by atoms with Crippen LogP contribution >= 0.6 is 23.4 Å². The summed E-state index contributed by atoms with van der Waals surface area (Å²) in [6.07, 6.45) is 2.90. The lowest BCUT2D eigenvalue weighted by Gasteiger charge is -1.95. The molecule has 0 unspecified atom stereocenters.